The molecule has 1 spiro atoms. The van der Waals surface area contributed by atoms with Crippen molar-refractivity contribution in [1.29, 1.82) is 0 Å². The van der Waals surface area contributed by atoms with E-state index < -0.39 is 0 Å². The van der Waals surface area contributed by atoms with Gasteiger partial charge in [0.05, 0.1) is 19.3 Å². The second kappa shape index (κ2) is 7.77. The van der Waals surface area contributed by atoms with Gasteiger partial charge in [-0.2, -0.15) is 0 Å². The van der Waals surface area contributed by atoms with E-state index >= 15 is 0 Å². The molecule has 0 radical (unpaired) electrons. The van der Waals surface area contributed by atoms with E-state index in [4.69, 9.17) is 9.47 Å². The fourth-order valence-electron chi connectivity index (χ4n) is 7.36. The normalized spacial score (nSPS) is 36.3. The predicted molar refractivity (Wildman–Crippen MR) is 122 cm³/mol. The third-order valence-electron chi connectivity index (χ3n) is 9.07. The number of hydrogen-bond acceptors (Lipinski definition) is 4. The number of aryl methyl sites for hydroxylation is 1. The third-order valence-corrected chi connectivity index (χ3v) is 9.07. The van der Waals surface area contributed by atoms with Gasteiger partial charge < -0.3 is 19.7 Å². The van der Waals surface area contributed by atoms with Crippen molar-refractivity contribution < 1.29 is 14.3 Å². The fraction of sp³-hybridized carbons (Fsp3) is 0.731. The lowest BCUT2D eigenvalue weighted by molar-refractivity contribution is -0.137. The second-order valence-corrected chi connectivity index (χ2v) is 10.8. The smallest absolute Gasteiger partial charge is 0.219 e. The van der Waals surface area contributed by atoms with Gasteiger partial charge in [-0.1, -0.05) is 26.8 Å². The Bertz CT molecular complexity index is 847. The highest BCUT2D eigenvalue weighted by Gasteiger charge is 2.68. The largest absolute Gasteiger partial charge is 0.378 e. The minimum absolute atomic E-state index is 0.134. The molecular formula is C26H38N2O3. The molecule has 1 amide bonds. The monoisotopic (exact) mass is 426 g/mol. The molecule has 170 valence electrons. The van der Waals surface area contributed by atoms with Crippen LogP contribution >= 0.6 is 0 Å². The number of carbonyl (C=O) groups is 1. The van der Waals surface area contributed by atoms with Crippen LogP contribution in [0.25, 0.3) is 0 Å². The van der Waals surface area contributed by atoms with E-state index in [-0.39, 0.29) is 28.9 Å². The molecule has 1 N–H and O–H groups in total. The van der Waals surface area contributed by atoms with Crippen LogP contribution in [0.5, 0.6) is 0 Å². The first-order chi connectivity index (χ1) is 14.9. The van der Waals surface area contributed by atoms with Gasteiger partial charge in [-0.15, -0.1) is 0 Å². The first kappa shape index (κ1) is 21.3. The number of fused-ring (bicyclic) bond motifs is 1. The zero-order chi connectivity index (χ0) is 21.8. The van der Waals surface area contributed by atoms with E-state index in [2.05, 4.69) is 49.2 Å². The summed E-state index contributed by atoms with van der Waals surface area (Å²) in [6.45, 7) is 13.2. The summed E-state index contributed by atoms with van der Waals surface area (Å²) in [5.41, 5.74) is 4.27. The molecule has 4 fully saturated rings. The molecule has 2 bridgehead atoms. The Hall–Kier alpha value is -1.59. The van der Waals surface area contributed by atoms with Crippen LogP contribution in [0, 0.1) is 29.6 Å². The number of benzene rings is 1. The molecule has 2 saturated heterocycles. The number of nitrogens with zero attached hydrogens (tertiary/aromatic N) is 1. The van der Waals surface area contributed by atoms with E-state index in [0.29, 0.717) is 18.3 Å². The third kappa shape index (κ3) is 3.31. The van der Waals surface area contributed by atoms with Crippen molar-refractivity contribution in [3.8, 4) is 0 Å². The van der Waals surface area contributed by atoms with E-state index in [0.717, 1.165) is 39.3 Å². The van der Waals surface area contributed by atoms with Crippen LogP contribution in [0.2, 0.25) is 0 Å². The summed E-state index contributed by atoms with van der Waals surface area (Å²) in [7, 11) is 0. The van der Waals surface area contributed by atoms with E-state index in [9.17, 15) is 4.79 Å². The molecule has 2 aliphatic heterocycles. The van der Waals surface area contributed by atoms with Crippen molar-refractivity contribution in [2.45, 2.75) is 65.5 Å². The summed E-state index contributed by atoms with van der Waals surface area (Å²) >= 11 is 0. The van der Waals surface area contributed by atoms with Crippen molar-refractivity contribution in [3.05, 3.63) is 29.3 Å². The number of anilines is 1. The number of ether oxygens (including phenoxy) is 2. The lowest BCUT2D eigenvalue weighted by Gasteiger charge is -2.53. The van der Waals surface area contributed by atoms with Crippen LogP contribution in [-0.2, 0) is 14.3 Å². The number of carbonyl (C=O) groups excluding carboxylic acids is 1. The fourth-order valence-corrected chi connectivity index (χ4v) is 7.36. The van der Waals surface area contributed by atoms with Crippen LogP contribution < -0.4 is 10.2 Å². The quantitative estimate of drug-likeness (QED) is 0.782. The highest BCUT2D eigenvalue weighted by atomic mass is 16.5. The van der Waals surface area contributed by atoms with Crippen LogP contribution in [-0.4, -0.2) is 44.9 Å². The van der Waals surface area contributed by atoms with E-state index in [1.807, 2.05) is 6.92 Å². The molecule has 2 saturated carbocycles. The maximum absolute atomic E-state index is 12.4. The molecule has 5 heteroatoms. The Morgan fingerprint density at radius 1 is 1.23 bits per heavy atom. The topological polar surface area (TPSA) is 50.8 Å². The molecule has 31 heavy (non-hydrogen) atoms. The summed E-state index contributed by atoms with van der Waals surface area (Å²) in [5.74, 6) is 1.32. The molecule has 4 aliphatic rings. The van der Waals surface area contributed by atoms with Gasteiger partial charge in [0, 0.05) is 37.8 Å². The summed E-state index contributed by atoms with van der Waals surface area (Å²) in [5, 5.41) is 3.47. The van der Waals surface area contributed by atoms with Gasteiger partial charge >= 0.3 is 0 Å². The van der Waals surface area contributed by atoms with E-state index in [1.165, 1.54) is 29.7 Å². The lowest BCUT2D eigenvalue weighted by atomic mass is 9.58. The van der Waals surface area contributed by atoms with Gasteiger partial charge in [-0.3, -0.25) is 4.79 Å². The number of morpholine rings is 1. The molecule has 0 unspecified atom stereocenters. The second-order valence-electron chi connectivity index (χ2n) is 10.8. The van der Waals surface area contributed by atoms with Crippen molar-refractivity contribution in [3.63, 3.8) is 0 Å². The molecule has 2 heterocycles. The van der Waals surface area contributed by atoms with Crippen LogP contribution in [0.4, 0.5) is 5.69 Å². The van der Waals surface area contributed by atoms with Crippen LogP contribution in [0.15, 0.2) is 18.2 Å². The summed E-state index contributed by atoms with van der Waals surface area (Å²) in [6, 6.07) is 7.15. The average Bonchev–Trinajstić information content (AvgIpc) is 3.26. The molecule has 2 aliphatic carbocycles. The number of rotatable bonds is 4. The van der Waals surface area contributed by atoms with Crippen molar-refractivity contribution in [2.75, 3.05) is 37.8 Å². The Morgan fingerprint density at radius 3 is 2.71 bits per heavy atom. The molecular weight excluding hydrogens is 388 g/mol. The molecule has 5 rings (SSSR count). The van der Waals surface area contributed by atoms with Crippen molar-refractivity contribution in [1.82, 2.24) is 5.32 Å². The maximum atomic E-state index is 12.4. The predicted octanol–water partition coefficient (Wildman–Crippen LogP) is 4.24. The molecule has 5 nitrogen and oxygen atoms in total. The van der Waals surface area contributed by atoms with Gasteiger partial charge in [0.2, 0.25) is 5.91 Å². The van der Waals surface area contributed by atoms with Crippen LogP contribution in [0.3, 0.4) is 0 Å². The Labute approximate surface area is 186 Å². The molecule has 1 aromatic rings. The van der Waals surface area contributed by atoms with Gasteiger partial charge in [0.25, 0.3) is 0 Å². The Kier molecular flexibility index (Phi) is 5.33. The SMILES string of the molecule is CCC(=O)N[C@H]1C(C)(C)[C@@H]2C[C@@H]3[C@@H](c4ccc(N5CCOCC5)cc4C)OCC[C@@]31C2. The Morgan fingerprint density at radius 2 is 2.00 bits per heavy atom. The molecule has 1 aromatic carbocycles. The lowest BCUT2D eigenvalue weighted by Crippen LogP contribution is -2.58. The molecule has 5 atom stereocenters. The Balaban J connectivity index is 1.44. The van der Waals surface area contributed by atoms with Crippen molar-refractivity contribution in [2.24, 2.45) is 22.7 Å². The zero-order valence-electron chi connectivity index (χ0n) is 19.6. The minimum Gasteiger partial charge on any atom is -0.378 e. The standard InChI is InChI=1S/C26H38N2O3/c1-5-22(29)27-24-25(3,4)18-15-21-23(31-11-8-26(21,24)16-18)20-7-6-19(14-17(20)2)28-9-12-30-13-10-28/h6-7,14,18,21,23-24H,5,8-13,15-16H2,1-4H3,(H,27,29)/t18-,21-,23-,24+,26-/m1/s1. The summed E-state index contributed by atoms with van der Waals surface area (Å²) in [6.07, 6.45) is 4.19. The van der Waals surface area contributed by atoms with Gasteiger partial charge in [-0.25, -0.2) is 0 Å². The highest BCUT2D eigenvalue weighted by molar-refractivity contribution is 5.76. The van der Waals surface area contributed by atoms with Crippen molar-refractivity contribution >= 4 is 11.6 Å². The number of hydrogen-bond donors (Lipinski definition) is 1. The van der Waals surface area contributed by atoms with Crippen LogP contribution in [0.1, 0.15) is 63.7 Å². The number of amides is 1. The van der Waals surface area contributed by atoms with Gasteiger partial charge in [-0.05, 0) is 72.1 Å². The zero-order valence-corrected chi connectivity index (χ0v) is 19.6. The summed E-state index contributed by atoms with van der Waals surface area (Å²) < 4.78 is 12.0. The average molecular weight is 427 g/mol. The maximum Gasteiger partial charge on any atom is 0.219 e. The van der Waals surface area contributed by atoms with Gasteiger partial charge in [0.1, 0.15) is 0 Å². The minimum atomic E-state index is 0.134. The summed E-state index contributed by atoms with van der Waals surface area (Å²) in [4.78, 5) is 14.9. The highest BCUT2D eigenvalue weighted by Crippen LogP contribution is 2.70. The number of nitrogens with one attached hydrogen (secondary N) is 1. The van der Waals surface area contributed by atoms with E-state index in [1.54, 1.807) is 0 Å². The first-order valence-corrected chi connectivity index (χ1v) is 12.2. The molecule has 0 aromatic heterocycles. The van der Waals surface area contributed by atoms with Gasteiger partial charge in [0.15, 0.2) is 0 Å². The first-order valence-electron chi connectivity index (χ1n) is 12.2.